The van der Waals surface area contributed by atoms with E-state index in [9.17, 15) is 0 Å². The summed E-state index contributed by atoms with van der Waals surface area (Å²) >= 11 is 0. The highest BCUT2D eigenvalue weighted by Crippen LogP contribution is 2.35. The second-order valence-corrected chi connectivity index (χ2v) is 6.67. The van der Waals surface area contributed by atoms with Gasteiger partial charge in [0.05, 0.1) is 18.8 Å². The molecule has 0 saturated carbocycles. The van der Waals surface area contributed by atoms with Gasteiger partial charge in [0.2, 0.25) is 0 Å². The molecule has 23 heavy (non-hydrogen) atoms. The van der Waals surface area contributed by atoms with Crippen LogP contribution in [0.25, 0.3) is 0 Å². The van der Waals surface area contributed by atoms with Gasteiger partial charge in [0, 0.05) is 18.3 Å². The number of aromatic nitrogens is 1. The molecule has 0 spiro atoms. The van der Waals surface area contributed by atoms with Crippen LogP contribution in [0.15, 0.2) is 36.5 Å². The van der Waals surface area contributed by atoms with E-state index in [1.807, 2.05) is 12.3 Å². The van der Waals surface area contributed by atoms with Crippen molar-refractivity contribution in [1.82, 2.24) is 9.88 Å². The average molecular weight is 308 g/mol. The van der Waals surface area contributed by atoms with Crippen LogP contribution in [0.3, 0.4) is 0 Å². The van der Waals surface area contributed by atoms with Gasteiger partial charge in [0.25, 0.3) is 0 Å². The van der Waals surface area contributed by atoms with E-state index in [4.69, 9.17) is 4.74 Å². The Morgan fingerprint density at radius 3 is 2.83 bits per heavy atom. The fraction of sp³-hybridized carbons (Fsp3) is 0.450. The molecule has 0 N–H and O–H groups in total. The maximum atomic E-state index is 5.68. The van der Waals surface area contributed by atoms with Gasteiger partial charge in [-0.05, 0) is 68.0 Å². The summed E-state index contributed by atoms with van der Waals surface area (Å²) in [7, 11) is 1.79. The van der Waals surface area contributed by atoms with Crippen LogP contribution in [-0.2, 0) is 19.4 Å². The largest absolute Gasteiger partial charge is 0.496 e. The summed E-state index contributed by atoms with van der Waals surface area (Å²) in [5, 5.41) is 0. The Bertz CT molecular complexity index is 684. The SMILES string of the molecule is COc1cc2c(cc1CN1CCC[C@@H]1c1ccccn1)CCC2. The van der Waals surface area contributed by atoms with Gasteiger partial charge in [0.15, 0.2) is 0 Å². The number of hydrogen-bond donors (Lipinski definition) is 0. The van der Waals surface area contributed by atoms with Gasteiger partial charge >= 0.3 is 0 Å². The van der Waals surface area contributed by atoms with Crippen molar-refractivity contribution in [1.29, 1.82) is 0 Å². The fourth-order valence-corrected chi connectivity index (χ4v) is 4.11. The molecule has 1 aliphatic heterocycles. The number of hydrogen-bond acceptors (Lipinski definition) is 3. The van der Waals surface area contributed by atoms with E-state index in [2.05, 4.69) is 34.1 Å². The van der Waals surface area contributed by atoms with Crippen molar-refractivity contribution >= 4 is 0 Å². The average Bonchev–Trinajstić information content (AvgIpc) is 3.23. The highest BCUT2D eigenvalue weighted by atomic mass is 16.5. The Labute approximate surface area is 138 Å². The Kier molecular flexibility index (Phi) is 4.04. The first-order valence-corrected chi connectivity index (χ1v) is 8.69. The van der Waals surface area contributed by atoms with E-state index in [0.717, 1.165) is 18.8 Å². The van der Waals surface area contributed by atoms with Crippen LogP contribution >= 0.6 is 0 Å². The third kappa shape index (κ3) is 2.86. The second-order valence-electron chi connectivity index (χ2n) is 6.67. The molecule has 0 radical (unpaired) electrons. The Morgan fingerprint density at radius 1 is 1.17 bits per heavy atom. The van der Waals surface area contributed by atoms with E-state index < -0.39 is 0 Å². The molecule has 1 saturated heterocycles. The number of rotatable bonds is 4. The van der Waals surface area contributed by atoms with E-state index in [1.165, 1.54) is 54.5 Å². The first kappa shape index (κ1) is 14.7. The summed E-state index contributed by atoms with van der Waals surface area (Å²) < 4.78 is 5.68. The molecule has 1 aromatic carbocycles. The van der Waals surface area contributed by atoms with Crippen molar-refractivity contribution in [2.75, 3.05) is 13.7 Å². The summed E-state index contributed by atoms with van der Waals surface area (Å²) in [5.41, 5.74) is 5.53. The van der Waals surface area contributed by atoms with Crippen LogP contribution in [0.1, 0.15) is 47.7 Å². The third-order valence-electron chi connectivity index (χ3n) is 5.26. The molecular weight excluding hydrogens is 284 g/mol. The first-order valence-electron chi connectivity index (χ1n) is 8.69. The molecule has 0 amide bonds. The van der Waals surface area contributed by atoms with Crippen LogP contribution in [0.4, 0.5) is 0 Å². The summed E-state index contributed by atoms with van der Waals surface area (Å²) in [6.45, 7) is 2.10. The standard InChI is InChI=1S/C20H24N2O/c1-23-20-13-16-7-4-6-15(16)12-17(20)14-22-11-5-9-19(22)18-8-2-3-10-21-18/h2-3,8,10,12-13,19H,4-7,9,11,14H2,1H3/t19-/m1/s1. The molecule has 1 aliphatic carbocycles. The molecular formula is C20H24N2O. The van der Waals surface area contributed by atoms with Crippen LogP contribution in [0.2, 0.25) is 0 Å². The van der Waals surface area contributed by atoms with Crippen LogP contribution in [-0.4, -0.2) is 23.5 Å². The van der Waals surface area contributed by atoms with Crippen molar-refractivity contribution in [3.05, 3.63) is 58.9 Å². The number of nitrogens with zero attached hydrogens (tertiary/aromatic N) is 2. The first-order chi connectivity index (χ1) is 11.3. The highest BCUT2D eigenvalue weighted by Gasteiger charge is 2.28. The minimum Gasteiger partial charge on any atom is -0.496 e. The van der Waals surface area contributed by atoms with Crippen molar-refractivity contribution in [3.63, 3.8) is 0 Å². The molecule has 4 rings (SSSR count). The Balaban J connectivity index is 1.60. The second kappa shape index (κ2) is 6.32. The van der Waals surface area contributed by atoms with Crippen molar-refractivity contribution in [2.24, 2.45) is 0 Å². The van der Waals surface area contributed by atoms with Gasteiger partial charge in [-0.15, -0.1) is 0 Å². The molecule has 2 aromatic rings. The zero-order chi connectivity index (χ0) is 15.6. The number of fused-ring (bicyclic) bond motifs is 1. The lowest BCUT2D eigenvalue weighted by molar-refractivity contribution is 0.240. The molecule has 2 heterocycles. The van der Waals surface area contributed by atoms with E-state index in [-0.39, 0.29) is 0 Å². The number of methoxy groups -OCH3 is 1. The fourth-order valence-electron chi connectivity index (χ4n) is 4.11. The summed E-state index contributed by atoms with van der Waals surface area (Å²) in [5.74, 6) is 1.05. The van der Waals surface area contributed by atoms with E-state index in [0.29, 0.717) is 6.04 Å². The van der Waals surface area contributed by atoms with Crippen molar-refractivity contribution in [3.8, 4) is 5.75 Å². The molecule has 120 valence electrons. The molecule has 1 aromatic heterocycles. The maximum Gasteiger partial charge on any atom is 0.123 e. The van der Waals surface area contributed by atoms with Gasteiger partial charge in [-0.3, -0.25) is 9.88 Å². The lowest BCUT2D eigenvalue weighted by atomic mass is 10.0. The van der Waals surface area contributed by atoms with Gasteiger partial charge in [-0.1, -0.05) is 12.1 Å². The lowest BCUT2D eigenvalue weighted by Gasteiger charge is -2.25. The van der Waals surface area contributed by atoms with Gasteiger partial charge in [0.1, 0.15) is 5.75 Å². The topological polar surface area (TPSA) is 25.4 Å². The van der Waals surface area contributed by atoms with E-state index >= 15 is 0 Å². The number of likely N-dealkylation sites (tertiary alicyclic amines) is 1. The summed E-state index contributed by atoms with van der Waals surface area (Å²) in [4.78, 5) is 7.14. The predicted octanol–water partition coefficient (Wildman–Crippen LogP) is 3.92. The predicted molar refractivity (Wildman–Crippen MR) is 91.6 cm³/mol. The highest BCUT2D eigenvalue weighted by molar-refractivity contribution is 5.45. The summed E-state index contributed by atoms with van der Waals surface area (Å²) in [6, 6.07) is 11.3. The Hall–Kier alpha value is -1.87. The number of pyridine rings is 1. The molecule has 0 unspecified atom stereocenters. The number of aryl methyl sites for hydroxylation is 2. The van der Waals surface area contributed by atoms with Crippen LogP contribution in [0.5, 0.6) is 5.75 Å². The van der Waals surface area contributed by atoms with Crippen LogP contribution < -0.4 is 4.74 Å². The third-order valence-corrected chi connectivity index (χ3v) is 5.26. The zero-order valence-corrected chi connectivity index (χ0v) is 13.8. The van der Waals surface area contributed by atoms with Crippen molar-refractivity contribution < 1.29 is 4.74 Å². The maximum absolute atomic E-state index is 5.68. The van der Waals surface area contributed by atoms with E-state index in [1.54, 1.807) is 7.11 Å². The molecule has 3 nitrogen and oxygen atoms in total. The lowest BCUT2D eigenvalue weighted by Crippen LogP contribution is -2.23. The molecule has 1 fully saturated rings. The van der Waals surface area contributed by atoms with Gasteiger partial charge < -0.3 is 4.74 Å². The van der Waals surface area contributed by atoms with Gasteiger partial charge in [-0.25, -0.2) is 0 Å². The summed E-state index contributed by atoms with van der Waals surface area (Å²) in [6.07, 6.45) is 8.05. The number of ether oxygens (including phenoxy) is 1. The molecule has 2 aliphatic rings. The smallest absolute Gasteiger partial charge is 0.123 e. The molecule has 0 bridgehead atoms. The van der Waals surface area contributed by atoms with Crippen molar-refractivity contribution in [2.45, 2.75) is 44.7 Å². The zero-order valence-electron chi connectivity index (χ0n) is 13.8. The monoisotopic (exact) mass is 308 g/mol. The van der Waals surface area contributed by atoms with Crippen LogP contribution in [0, 0.1) is 0 Å². The number of benzene rings is 1. The van der Waals surface area contributed by atoms with Gasteiger partial charge in [-0.2, -0.15) is 0 Å². The normalized spacial score (nSPS) is 20.7. The minimum absolute atomic E-state index is 0.439. The Morgan fingerprint density at radius 2 is 2.04 bits per heavy atom. The minimum atomic E-state index is 0.439. The quantitative estimate of drug-likeness (QED) is 0.856. The molecule has 3 heteroatoms. The molecule has 1 atom stereocenters.